The van der Waals surface area contributed by atoms with Crippen molar-refractivity contribution < 1.29 is 14.2 Å². The van der Waals surface area contributed by atoms with E-state index in [4.69, 9.17) is 14.2 Å². The second-order valence-corrected chi connectivity index (χ2v) is 14.4. The summed E-state index contributed by atoms with van der Waals surface area (Å²) < 4.78 is 19.1. The van der Waals surface area contributed by atoms with Crippen LogP contribution in [0.2, 0.25) is 0 Å². The molecule has 0 aromatic heterocycles. The summed E-state index contributed by atoms with van der Waals surface area (Å²) in [5.41, 5.74) is 0. The van der Waals surface area contributed by atoms with Crippen molar-refractivity contribution in [2.45, 2.75) is 180 Å². The van der Waals surface area contributed by atoms with Gasteiger partial charge in [0.25, 0.3) is 0 Å². The Balaban J connectivity index is 3.13. The lowest BCUT2D eigenvalue weighted by atomic mass is 10.0. The fourth-order valence-electron chi connectivity index (χ4n) is 5.29. The minimum absolute atomic E-state index is 0.321. The average molecular weight is 831 g/mol. The highest BCUT2D eigenvalue weighted by atomic mass is 127. The summed E-state index contributed by atoms with van der Waals surface area (Å²) in [7, 11) is 0. The van der Waals surface area contributed by atoms with E-state index in [0.717, 1.165) is 26.1 Å². The van der Waals surface area contributed by atoms with Gasteiger partial charge in [-0.15, -0.1) is 0 Å². The molecule has 0 N–H and O–H groups in total. The first-order valence-corrected chi connectivity index (χ1v) is 21.6. The van der Waals surface area contributed by atoms with Gasteiger partial charge < -0.3 is 14.2 Å². The SMILES string of the molecule is ICCCCCCCCCCCCCCC=CCCOCOCOCCC=CCCCCCCCCCCCCCCI. The predicted molar refractivity (Wildman–Crippen MR) is 208 cm³/mol. The molecule has 0 rings (SSSR count). The number of rotatable bonds is 38. The maximum atomic E-state index is 5.53. The molecule has 256 valence electrons. The summed E-state index contributed by atoms with van der Waals surface area (Å²) in [6, 6.07) is 0. The molecule has 0 aliphatic carbocycles. The third-order valence-electron chi connectivity index (χ3n) is 8.03. The van der Waals surface area contributed by atoms with Crippen molar-refractivity contribution in [3.63, 3.8) is 0 Å². The molecule has 0 aromatic carbocycles. The van der Waals surface area contributed by atoms with E-state index in [1.54, 1.807) is 0 Å². The van der Waals surface area contributed by atoms with Gasteiger partial charge in [-0.05, 0) is 60.2 Å². The van der Waals surface area contributed by atoms with Crippen molar-refractivity contribution in [2.24, 2.45) is 0 Å². The molecule has 0 aliphatic rings. The molecule has 0 unspecified atom stereocenters. The molecule has 0 fully saturated rings. The van der Waals surface area contributed by atoms with Gasteiger partial charge in [-0.25, -0.2) is 0 Å². The van der Waals surface area contributed by atoms with Crippen LogP contribution in [0.5, 0.6) is 0 Å². The number of allylic oxidation sites excluding steroid dienone is 2. The Kier molecular flexibility index (Phi) is 43.6. The van der Waals surface area contributed by atoms with E-state index in [2.05, 4.69) is 69.5 Å². The third kappa shape index (κ3) is 42.8. The Labute approximate surface area is 297 Å². The van der Waals surface area contributed by atoms with Crippen LogP contribution in [-0.2, 0) is 14.2 Å². The van der Waals surface area contributed by atoms with Crippen LogP contribution in [0.25, 0.3) is 0 Å². The Morgan fingerprint density at radius 3 is 0.837 bits per heavy atom. The molecule has 0 aromatic rings. The van der Waals surface area contributed by atoms with Crippen molar-refractivity contribution >= 4 is 45.2 Å². The van der Waals surface area contributed by atoms with Gasteiger partial charge in [0.1, 0.15) is 13.6 Å². The zero-order chi connectivity index (χ0) is 31.0. The van der Waals surface area contributed by atoms with Crippen molar-refractivity contribution in [3.05, 3.63) is 24.3 Å². The van der Waals surface area contributed by atoms with Crippen LogP contribution in [0.15, 0.2) is 24.3 Å². The number of hydrogen-bond donors (Lipinski definition) is 0. The van der Waals surface area contributed by atoms with Gasteiger partial charge in [-0.3, -0.25) is 0 Å². The fourth-order valence-corrected chi connectivity index (χ4v) is 6.37. The van der Waals surface area contributed by atoms with Gasteiger partial charge in [0.15, 0.2) is 0 Å². The lowest BCUT2D eigenvalue weighted by molar-refractivity contribution is -0.129. The highest BCUT2D eigenvalue weighted by Crippen LogP contribution is 2.14. The van der Waals surface area contributed by atoms with Gasteiger partial charge in [0, 0.05) is 0 Å². The molecule has 0 heterocycles. The molecule has 0 radical (unpaired) electrons. The Hall–Kier alpha value is 0.820. The van der Waals surface area contributed by atoms with E-state index in [1.165, 1.54) is 176 Å². The quantitative estimate of drug-likeness (QED) is 0.0204. The Morgan fingerprint density at radius 2 is 0.535 bits per heavy atom. The second kappa shape index (κ2) is 42.8. The molecule has 43 heavy (non-hydrogen) atoms. The first-order valence-electron chi connectivity index (χ1n) is 18.6. The molecule has 5 heteroatoms. The predicted octanol–water partition coefficient (Wildman–Crippen LogP) is 13.9. The highest BCUT2D eigenvalue weighted by Gasteiger charge is 1.95. The van der Waals surface area contributed by atoms with Crippen molar-refractivity contribution in [1.29, 1.82) is 0 Å². The molecule has 0 saturated carbocycles. The van der Waals surface area contributed by atoms with E-state index >= 15 is 0 Å². The first-order chi connectivity index (χ1) is 21.4. The smallest absolute Gasteiger partial charge is 0.149 e. The molecule has 0 atom stereocenters. The van der Waals surface area contributed by atoms with Crippen LogP contribution >= 0.6 is 45.2 Å². The number of halogens is 2. The van der Waals surface area contributed by atoms with E-state index in [-0.39, 0.29) is 0 Å². The van der Waals surface area contributed by atoms with Gasteiger partial charge in [-0.1, -0.05) is 198 Å². The summed E-state index contributed by atoms with van der Waals surface area (Å²) >= 11 is 4.98. The minimum Gasteiger partial charge on any atom is -0.355 e. The molecular weight excluding hydrogens is 758 g/mol. The molecule has 0 bridgehead atoms. The van der Waals surface area contributed by atoms with Crippen LogP contribution in [0.3, 0.4) is 0 Å². The number of ether oxygens (including phenoxy) is 3. The Morgan fingerprint density at radius 1 is 0.279 bits per heavy atom. The van der Waals surface area contributed by atoms with E-state index in [0.29, 0.717) is 13.6 Å². The monoisotopic (exact) mass is 830 g/mol. The molecule has 0 amide bonds. The summed E-state index contributed by atoms with van der Waals surface area (Å²) in [4.78, 5) is 0. The summed E-state index contributed by atoms with van der Waals surface area (Å²) in [5, 5.41) is 0. The number of alkyl halides is 2. The van der Waals surface area contributed by atoms with Crippen LogP contribution in [0.1, 0.15) is 180 Å². The zero-order valence-corrected chi connectivity index (χ0v) is 32.6. The van der Waals surface area contributed by atoms with Crippen LogP contribution < -0.4 is 0 Å². The topological polar surface area (TPSA) is 27.7 Å². The summed E-state index contributed by atoms with van der Waals surface area (Å²) in [5.74, 6) is 0. The van der Waals surface area contributed by atoms with Crippen LogP contribution in [0.4, 0.5) is 0 Å². The van der Waals surface area contributed by atoms with E-state index < -0.39 is 0 Å². The summed E-state index contributed by atoms with van der Waals surface area (Å²) in [6.07, 6.45) is 47.6. The second-order valence-electron chi connectivity index (χ2n) is 12.2. The highest BCUT2D eigenvalue weighted by molar-refractivity contribution is 14.1. The minimum atomic E-state index is 0.321. The van der Waals surface area contributed by atoms with Crippen molar-refractivity contribution in [2.75, 3.05) is 35.7 Å². The molecular formula is C38H72I2O3. The Bertz CT molecular complexity index is 495. The van der Waals surface area contributed by atoms with Crippen molar-refractivity contribution in [1.82, 2.24) is 0 Å². The van der Waals surface area contributed by atoms with E-state index in [9.17, 15) is 0 Å². The van der Waals surface area contributed by atoms with Gasteiger partial charge >= 0.3 is 0 Å². The largest absolute Gasteiger partial charge is 0.355 e. The fraction of sp³-hybridized carbons (Fsp3) is 0.895. The van der Waals surface area contributed by atoms with Gasteiger partial charge in [-0.2, -0.15) is 0 Å². The molecule has 0 aliphatic heterocycles. The molecule has 3 nitrogen and oxygen atoms in total. The van der Waals surface area contributed by atoms with Crippen LogP contribution in [0, 0.1) is 0 Å². The normalized spacial score (nSPS) is 12.0. The maximum Gasteiger partial charge on any atom is 0.149 e. The standard InChI is InChI=1S/C38H72I2O3/c39-33-29-25-21-17-13-9-5-1-3-7-11-15-19-23-27-31-35-41-37-43-38-42-36-32-28-24-20-16-12-8-4-2-6-10-14-18-22-26-30-34-40/h23-24,27-28H,1-22,25-26,29-38H2. The lowest BCUT2D eigenvalue weighted by Gasteiger charge is -2.05. The first kappa shape index (κ1) is 43.8. The third-order valence-corrected chi connectivity index (χ3v) is 9.56. The van der Waals surface area contributed by atoms with Gasteiger partial charge in [0.05, 0.1) is 13.2 Å². The average Bonchev–Trinajstić information content (AvgIpc) is 3.02. The van der Waals surface area contributed by atoms with Gasteiger partial charge in [0.2, 0.25) is 0 Å². The van der Waals surface area contributed by atoms with E-state index in [1.807, 2.05) is 0 Å². The van der Waals surface area contributed by atoms with Crippen molar-refractivity contribution in [3.8, 4) is 0 Å². The maximum absolute atomic E-state index is 5.53. The summed E-state index contributed by atoms with van der Waals surface area (Å²) in [6.45, 7) is 2.08. The number of unbranched alkanes of at least 4 members (excludes halogenated alkanes) is 24. The molecule has 0 saturated heterocycles. The molecule has 0 spiro atoms. The zero-order valence-electron chi connectivity index (χ0n) is 28.3. The number of hydrogen-bond acceptors (Lipinski definition) is 3. The van der Waals surface area contributed by atoms with Crippen LogP contribution in [-0.4, -0.2) is 35.7 Å². The lowest BCUT2D eigenvalue weighted by Crippen LogP contribution is -2.05.